The van der Waals surface area contributed by atoms with Crippen molar-refractivity contribution >= 4 is 0 Å². The zero-order valence-corrected chi connectivity index (χ0v) is 11.5. The lowest BCUT2D eigenvalue weighted by Gasteiger charge is -2.19. The third-order valence-corrected chi connectivity index (χ3v) is 3.65. The van der Waals surface area contributed by atoms with E-state index in [0.717, 1.165) is 12.0 Å². The lowest BCUT2D eigenvalue weighted by Crippen LogP contribution is -2.30. The first-order valence-electron chi connectivity index (χ1n) is 7.18. The lowest BCUT2D eigenvalue weighted by molar-refractivity contribution is 0.280. The summed E-state index contributed by atoms with van der Waals surface area (Å²) in [5.41, 5.74) is 0. The van der Waals surface area contributed by atoms with E-state index in [4.69, 9.17) is 0 Å². The topological polar surface area (TPSA) is 15.3 Å². The van der Waals surface area contributed by atoms with E-state index in [9.17, 15) is 0 Å². The molecule has 1 aliphatic rings. The maximum Gasteiger partial charge on any atom is 0.0107 e. The molecule has 0 aliphatic carbocycles. The Balaban J connectivity index is 2.08. The summed E-state index contributed by atoms with van der Waals surface area (Å²) in [6, 6.07) is 0.765. The van der Waals surface area contributed by atoms with Crippen LogP contribution in [-0.2, 0) is 0 Å². The normalized spacial score (nSPS) is 23.6. The maximum atomic E-state index is 3.63. The fourth-order valence-corrected chi connectivity index (χ4v) is 2.44. The van der Waals surface area contributed by atoms with E-state index in [-0.39, 0.29) is 0 Å². The summed E-state index contributed by atoms with van der Waals surface area (Å²) in [4.78, 5) is 2.64. The smallest absolute Gasteiger partial charge is 0.0107 e. The number of nitrogens with zero attached hydrogens (tertiary/aromatic N) is 1. The van der Waals surface area contributed by atoms with Crippen molar-refractivity contribution in [1.82, 2.24) is 10.2 Å². The number of hydrogen-bond acceptors (Lipinski definition) is 2. The maximum absolute atomic E-state index is 3.63. The molecule has 0 bridgehead atoms. The Bertz CT molecular complexity index is 168. The number of nitrogens with one attached hydrogen (secondary N) is 1. The lowest BCUT2D eigenvalue weighted by atomic mass is 10.1. The molecule has 0 aromatic carbocycles. The average molecular weight is 226 g/mol. The molecule has 0 spiro atoms. The van der Waals surface area contributed by atoms with Crippen molar-refractivity contribution in [2.75, 3.05) is 26.2 Å². The molecule has 2 nitrogen and oxygen atoms in total. The monoisotopic (exact) mass is 226 g/mol. The van der Waals surface area contributed by atoms with Crippen LogP contribution in [0.2, 0.25) is 0 Å². The second-order valence-electron chi connectivity index (χ2n) is 5.58. The van der Waals surface area contributed by atoms with Crippen LogP contribution in [0.1, 0.15) is 52.9 Å². The fraction of sp³-hybridized carbons (Fsp3) is 1.00. The third kappa shape index (κ3) is 5.86. The summed E-state index contributed by atoms with van der Waals surface area (Å²) in [7, 11) is 0. The Kier molecular flexibility index (Phi) is 7.06. The number of rotatable bonds is 6. The van der Waals surface area contributed by atoms with Gasteiger partial charge in [-0.3, -0.25) is 0 Å². The summed E-state index contributed by atoms with van der Waals surface area (Å²) in [5.74, 6) is 0.871. The summed E-state index contributed by atoms with van der Waals surface area (Å²) in [6.45, 7) is 12.0. The molecule has 0 aromatic rings. The van der Waals surface area contributed by atoms with Crippen molar-refractivity contribution in [1.29, 1.82) is 0 Å². The van der Waals surface area contributed by atoms with E-state index in [1.165, 1.54) is 58.3 Å². The van der Waals surface area contributed by atoms with Gasteiger partial charge in [-0.1, -0.05) is 33.6 Å². The Morgan fingerprint density at radius 3 is 2.75 bits per heavy atom. The van der Waals surface area contributed by atoms with Gasteiger partial charge in [0.1, 0.15) is 0 Å². The minimum absolute atomic E-state index is 0.765. The zero-order chi connectivity index (χ0) is 11.8. The van der Waals surface area contributed by atoms with Gasteiger partial charge in [-0.05, 0) is 38.3 Å². The second kappa shape index (κ2) is 8.08. The molecular formula is C14H30N2. The van der Waals surface area contributed by atoms with Crippen LogP contribution in [-0.4, -0.2) is 37.1 Å². The van der Waals surface area contributed by atoms with Gasteiger partial charge in [0.15, 0.2) is 0 Å². The Hall–Kier alpha value is -0.0800. The van der Waals surface area contributed by atoms with Crippen LogP contribution in [0, 0.1) is 5.92 Å². The quantitative estimate of drug-likeness (QED) is 0.701. The molecule has 1 rings (SSSR count). The Morgan fingerprint density at radius 2 is 2.06 bits per heavy atom. The summed E-state index contributed by atoms with van der Waals surface area (Å²) >= 11 is 0. The van der Waals surface area contributed by atoms with Crippen LogP contribution < -0.4 is 5.32 Å². The molecule has 0 amide bonds. The van der Waals surface area contributed by atoms with Gasteiger partial charge in [0.2, 0.25) is 0 Å². The van der Waals surface area contributed by atoms with Gasteiger partial charge in [0.25, 0.3) is 0 Å². The molecule has 1 fully saturated rings. The van der Waals surface area contributed by atoms with Gasteiger partial charge in [0.05, 0.1) is 0 Å². The predicted molar refractivity (Wildman–Crippen MR) is 71.8 cm³/mol. The zero-order valence-electron chi connectivity index (χ0n) is 11.5. The molecule has 2 heteroatoms. The molecule has 1 unspecified atom stereocenters. The van der Waals surface area contributed by atoms with Gasteiger partial charge in [0, 0.05) is 19.1 Å². The van der Waals surface area contributed by atoms with E-state index < -0.39 is 0 Å². The second-order valence-corrected chi connectivity index (χ2v) is 5.58. The average Bonchev–Trinajstić information content (AvgIpc) is 2.49. The van der Waals surface area contributed by atoms with E-state index in [1.807, 2.05) is 0 Å². The van der Waals surface area contributed by atoms with Crippen molar-refractivity contribution in [3.05, 3.63) is 0 Å². The van der Waals surface area contributed by atoms with Gasteiger partial charge in [-0.15, -0.1) is 0 Å². The van der Waals surface area contributed by atoms with Crippen molar-refractivity contribution in [2.24, 2.45) is 5.92 Å². The van der Waals surface area contributed by atoms with Crippen molar-refractivity contribution in [3.63, 3.8) is 0 Å². The summed E-state index contributed by atoms with van der Waals surface area (Å²) in [5, 5.41) is 3.63. The molecule has 0 aromatic heterocycles. The van der Waals surface area contributed by atoms with Crippen molar-refractivity contribution in [2.45, 2.75) is 58.9 Å². The largest absolute Gasteiger partial charge is 0.313 e. The highest BCUT2D eigenvalue weighted by Crippen LogP contribution is 2.09. The first kappa shape index (κ1) is 14.0. The van der Waals surface area contributed by atoms with Gasteiger partial charge in [-0.2, -0.15) is 0 Å². The highest BCUT2D eigenvalue weighted by molar-refractivity contribution is 4.73. The summed E-state index contributed by atoms with van der Waals surface area (Å²) in [6.07, 6.45) is 6.79. The molecule has 1 atom stereocenters. The van der Waals surface area contributed by atoms with Gasteiger partial charge in [-0.25, -0.2) is 0 Å². The minimum atomic E-state index is 0.765. The number of hydrogen-bond donors (Lipinski definition) is 1. The molecule has 1 aliphatic heterocycles. The van der Waals surface area contributed by atoms with E-state index in [1.54, 1.807) is 0 Å². The summed E-state index contributed by atoms with van der Waals surface area (Å²) < 4.78 is 0. The van der Waals surface area contributed by atoms with E-state index in [0.29, 0.717) is 0 Å². The fourth-order valence-electron chi connectivity index (χ4n) is 2.44. The third-order valence-electron chi connectivity index (χ3n) is 3.65. The van der Waals surface area contributed by atoms with Crippen LogP contribution in [0.25, 0.3) is 0 Å². The number of unbranched alkanes of at least 4 members (excludes halogenated alkanes) is 1. The molecule has 0 saturated carbocycles. The van der Waals surface area contributed by atoms with Crippen molar-refractivity contribution in [3.8, 4) is 0 Å². The Labute approximate surface area is 102 Å². The van der Waals surface area contributed by atoms with Crippen LogP contribution in [0.5, 0.6) is 0 Å². The molecule has 1 saturated heterocycles. The SMILES string of the molecule is CCC1CCN(CCCCC(C)C)CCN1. The van der Waals surface area contributed by atoms with Crippen LogP contribution >= 0.6 is 0 Å². The molecule has 0 radical (unpaired) electrons. The van der Waals surface area contributed by atoms with Gasteiger partial charge >= 0.3 is 0 Å². The highest BCUT2D eigenvalue weighted by Gasteiger charge is 2.14. The van der Waals surface area contributed by atoms with Crippen LogP contribution in [0.15, 0.2) is 0 Å². The first-order valence-corrected chi connectivity index (χ1v) is 7.18. The predicted octanol–water partition coefficient (Wildman–Crippen LogP) is 2.89. The highest BCUT2D eigenvalue weighted by atomic mass is 15.2. The van der Waals surface area contributed by atoms with E-state index in [2.05, 4.69) is 31.0 Å². The van der Waals surface area contributed by atoms with Crippen molar-refractivity contribution < 1.29 is 0 Å². The molecular weight excluding hydrogens is 196 g/mol. The molecule has 96 valence electrons. The first-order chi connectivity index (χ1) is 7.72. The van der Waals surface area contributed by atoms with Crippen LogP contribution in [0.4, 0.5) is 0 Å². The van der Waals surface area contributed by atoms with Gasteiger partial charge < -0.3 is 10.2 Å². The van der Waals surface area contributed by atoms with Crippen LogP contribution in [0.3, 0.4) is 0 Å². The minimum Gasteiger partial charge on any atom is -0.313 e. The van der Waals surface area contributed by atoms with E-state index >= 15 is 0 Å². The molecule has 1 heterocycles. The standard InChI is InChI=1S/C14H30N2/c1-4-14-8-11-16(12-9-15-14)10-6-5-7-13(2)3/h13-15H,4-12H2,1-3H3. The molecule has 16 heavy (non-hydrogen) atoms. The molecule has 1 N–H and O–H groups in total. The Morgan fingerprint density at radius 1 is 1.25 bits per heavy atom.